The Kier molecular flexibility index (Phi) is 5.20. The van der Waals surface area contributed by atoms with Crippen molar-refractivity contribution in [2.24, 2.45) is 11.8 Å². The first kappa shape index (κ1) is 17.4. The van der Waals surface area contributed by atoms with Gasteiger partial charge < -0.3 is 10.2 Å². The fraction of sp³-hybridized carbons (Fsp3) is 0.824. The summed E-state index contributed by atoms with van der Waals surface area (Å²) in [5.41, 5.74) is 1.00. The summed E-state index contributed by atoms with van der Waals surface area (Å²) in [6.45, 7) is 7.72. The van der Waals surface area contributed by atoms with Crippen molar-refractivity contribution in [1.82, 2.24) is 30.1 Å². The Balaban J connectivity index is 1.58. The molecule has 0 radical (unpaired) electrons. The molecule has 4 rings (SSSR count). The molecule has 0 spiro atoms. The minimum Gasteiger partial charge on any atom is -0.354 e. The molecule has 3 fully saturated rings. The van der Waals surface area contributed by atoms with E-state index < -0.39 is 0 Å². The zero-order chi connectivity index (χ0) is 17.3. The van der Waals surface area contributed by atoms with Gasteiger partial charge in [0, 0.05) is 31.4 Å². The molecule has 24 heavy (non-hydrogen) atoms. The fourth-order valence-electron chi connectivity index (χ4n) is 4.06. The van der Waals surface area contributed by atoms with Crippen molar-refractivity contribution in [2.45, 2.75) is 51.9 Å². The van der Waals surface area contributed by atoms with Crippen LogP contribution in [0.15, 0.2) is 6.20 Å². The summed E-state index contributed by atoms with van der Waals surface area (Å²) in [6.07, 6.45) is 4.27. The average Bonchev–Trinajstić information content (AvgIpc) is 2.93. The molecule has 0 aromatic carbocycles. The number of carbonyl (C=O) groups is 1. The SMILES string of the molecule is CC(C)NC(=O)[C@H]1CN2CC[C@H]1C[C@@H]2Cn1cc(CN(C)C)nn1. The maximum absolute atomic E-state index is 12.4. The van der Waals surface area contributed by atoms with Gasteiger partial charge in [0.15, 0.2) is 0 Å². The number of aromatic nitrogens is 3. The van der Waals surface area contributed by atoms with E-state index in [4.69, 9.17) is 0 Å². The molecule has 4 atom stereocenters. The molecule has 134 valence electrons. The fourth-order valence-corrected chi connectivity index (χ4v) is 4.06. The summed E-state index contributed by atoms with van der Waals surface area (Å²) < 4.78 is 1.97. The van der Waals surface area contributed by atoms with E-state index in [9.17, 15) is 4.79 Å². The second-order valence-electron chi connectivity index (χ2n) is 7.87. The lowest BCUT2D eigenvalue weighted by Gasteiger charge is -2.49. The highest BCUT2D eigenvalue weighted by atomic mass is 16.2. The first-order valence-corrected chi connectivity index (χ1v) is 9.00. The number of piperidine rings is 3. The van der Waals surface area contributed by atoms with Crippen LogP contribution in [0.4, 0.5) is 0 Å². The van der Waals surface area contributed by atoms with Crippen LogP contribution < -0.4 is 5.32 Å². The minimum absolute atomic E-state index is 0.150. The number of amides is 1. The molecule has 0 saturated carbocycles. The van der Waals surface area contributed by atoms with Crippen LogP contribution in [-0.2, 0) is 17.9 Å². The van der Waals surface area contributed by atoms with Crippen molar-refractivity contribution in [3.05, 3.63) is 11.9 Å². The number of fused-ring (bicyclic) bond motifs is 3. The summed E-state index contributed by atoms with van der Waals surface area (Å²) in [5, 5.41) is 11.6. The maximum Gasteiger partial charge on any atom is 0.224 e. The Morgan fingerprint density at radius 3 is 2.88 bits per heavy atom. The van der Waals surface area contributed by atoms with Crippen LogP contribution >= 0.6 is 0 Å². The third-order valence-electron chi connectivity index (χ3n) is 5.11. The van der Waals surface area contributed by atoms with Gasteiger partial charge in [0.25, 0.3) is 0 Å². The van der Waals surface area contributed by atoms with Crippen LogP contribution in [0, 0.1) is 11.8 Å². The zero-order valence-electron chi connectivity index (χ0n) is 15.3. The molecular formula is C17H30N6O. The molecule has 1 aromatic rings. The van der Waals surface area contributed by atoms with Crippen LogP contribution in [-0.4, -0.2) is 70.0 Å². The van der Waals surface area contributed by atoms with E-state index in [-0.39, 0.29) is 17.9 Å². The summed E-state index contributed by atoms with van der Waals surface area (Å²) in [6, 6.07) is 0.690. The van der Waals surface area contributed by atoms with Crippen LogP contribution in [0.2, 0.25) is 0 Å². The van der Waals surface area contributed by atoms with E-state index in [0.29, 0.717) is 12.0 Å². The van der Waals surface area contributed by atoms with Gasteiger partial charge in [-0.15, -0.1) is 5.10 Å². The summed E-state index contributed by atoms with van der Waals surface area (Å²) in [4.78, 5) is 17.0. The Hall–Kier alpha value is -1.47. The Morgan fingerprint density at radius 1 is 1.46 bits per heavy atom. The van der Waals surface area contributed by atoms with E-state index in [1.165, 1.54) is 0 Å². The van der Waals surface area contributed by atoms with E-state index in [0.717, 1.165) is 44.7 Å². The molecule has 7 heteroatoms. The molecule has 3 saturated heterocycles. The van der Waals surface area contributed by atoms with Crippen LogP contribution in [0.5, 0.6) is 0 Å². The molecule has 4 heterocycles. The van der Waals surface area contributed by atoms with Gasteiger partial charge >= 0.3 is 0 Å². The van der Waals surface area contributed by atoms with Crippen molar-refractivity contribution >= 4 is 5.91 Å². The quantitative estimate of drug-likeness (QED) is 0.824. The number of hydrogen-bond donors (Lipinski definition) is 1. The van der Waals surface area contributed by atoms with Crippen molar-refractivity contribution in [3.63, 3.8) is 0 Å². The zero-order valence-corrected chi connectivity index (χ0v) is 15.3. The molecule has 1 amide bonds. The van der Waals surface area contributed by atoms with Gasteiger partial charge in [-0.25, -0.2) is 0 Å². The van der Waals surface area contributed by atoms with E-state index in [2.05, 4.69) is 25.4 Å². The van der Waals surface area contributed by atoms with Gasteiger partial charge in [-0.05, 0) is 53.2 Å². The highest BCUT2D eigenvalue weighted by Crippen LogP contribution is 2.36. The smallest absolute Gasteiger partial charge is 0.224 e. The third-order valence-corrected chi connectivity index (χ3v) is 5.11. The standard InChI is InChI=1S/C17H30N6O/c1-12(2)18-17(24)16-11-22-6-5-13(16)7-15(22)10-23-9-14(19-20-23)8-21(3)4/h9,12-13,15-16H,5-8,10-11H2,1-4H3,(H,18,24)/t13-,15+,16-/m0/s1. The second-order valence-corrected chi connectivity index (χ2v) is 7.87. The molecule has 1 aromatic heterocycles. The largest absolute Gasteiger partial charge is 0.354 e. The predicted octanol–water partition coefficient (Wildman–Crippen LogP) is 0.575. The van der Waals surface area contributed by atoms with E-state index >= 15 is 0 Å². The molecule has 7 nitrogen and oxygen atoms in total. The molecular weight excluding hydrogens is 304 g/mol. The van der Waals surface area contributed by atoms with Gasteiger partial charge in [0.05, 0.1) is 18.2 Å². The summed E-state index contributed by atoms with van der Waals surface area (Å²) in [7, 11) is 4.07. The molecule has 1 N–H and O–H groups in total. The third kappa shape index (κ3) is 3.95. The van der Waals surface area contributed by atoms with E-state index in [1.807, 2.05) is 38.8 Å². The first-order chi connectivity index (χ1) is 11.4. The maximum atomic E-state index is 12.4. The molecule has 3 aliphatic rings. The normalized spacial score (nSPS) is 29.4. The average molecular weight is 334 g/mol. The van der Waals surface area contributed by atoms with Crippen molar-refractivity contribution in [2.75, 3.05) is 27.2 Å². The molecule has 0 aliphatic carbocycles. The predicted molar refractivity (Wildman–Crippen MR) is 92.3 cm³/mol. The van der Waals surface area contributed by atoms with Crippen LogP contribution in [0.3, 0.4) is 0 Å². The Bertz CT molecular complexity index is 569. The summed E-state index contributed by atoms with van der Waals surface area (Å²) >= 11 is 0. The lowest BCUT2D eigenvalue weighted by molar-refractivity contribution is -0.133. The Morgan fingerprint density at radius 2 is 2.25 bits per heavy atom. The Labute approximate surface area is 144 Å². The lowest BCUT2D eigenvalue weighted by Crippen LogP contribution is -2.58. The van der Waals surface area contributed by atoms with Gasteiger partial charge in [-0.3, -0.25) is 14.4 Å². The lowest BCUT2D eigenvalue weighted by atomic mass is 9.75. The first-order valence-electron chi connectivity index (χ1n) is 9.00. The minimum atomic E-state index is 0.150. The second kappa shape index (κ2) is 7.19. The highest BCUT2D eigenvalue weighted by molar-refractivity contribution is 5.79. The van der Waals surface area contributed by atoms with Crippen LogP contribution in [0.1, 0.15) is 32.4 Å². The van der Waals surface area contributed by atoms with Crippen molar-refractivity contribution in [1.29, 1.82) is 0 Å². The molecule has 1 unspecified atom stereocenters. The van der Waals surface area contributed by atoms with Crippen LogP contribution in [0.25, 0.3) is 0 Å². The van der Waals surface area contributed by atoms with Gasteiger partial charge in [0.2, 0.25) is 5.91 Å². The highest BCUT2D eigenvalue weighted by Gasteiger charge is 2.43. The topological polar surface area (TPSA) is 66.3 Å². The molecule has 3 aliphatic heterocycles. The van der Waals surface area contributed by atoms with Crippen molar-refractivity contribution in [3.8, 4) is 0 Å². The van der Waals surface area contributed by atoms with Gasteiger partial charge in [0.1, 0.15) is 0 Å². The number of nitrogens with zero attached hydrogens (tertiary/aromatic N) is 5. The number of carbonyl (C=O) groups excluding carboxylic acids is 1. The van der Waals surface area contributed by atoms with E-state index in [1.54, 1.807) is 0 Å². The monoisotopic (exact) mass is 334 g/mol. The van der Waals surface area contributed by atoms with Crippen molar-refractivity contribution < 1.29 is 4.79 Å². The molecule has 2 bridgehead atoms. The van der Waals surface area contributed by atoms with Gasteiger partial charge in [-0.2, -0.15) is 0 Å². The number of rotatable bonds is 6. The van der Waals surface area contributed by atoms with Gasteiger partial charge in [-0.1, -0.05) is 5.21 Å². The number of nitrogens with one attached hydrogen (secondary N) is 1. The summed E-state index contributed by atoms with van der Waals surface area (Å²) in [5.74, 6) is 0.883. The number of hydrogen-bond acceptors (Lipinski definition) is 5.